The van der Waals surface area contributed by atoms with Crippen LogP contribution in [0.5, 0.6) is 0 Å². The van der Waals surface area contributed by atoms with E-state index in [2.05, 4.69) is 5.11 Å². The number of rotatable bonds is 0. The molecule has 0 amide bonds. The van der Waals surface area contributed by atoms with Crippen LogP contribution >= 0.6 is 0 Å². The summed E-state index contributed by atoms with van der Waals surface area (Å²) in [6.45, 7) is -2.79. The molecule has 0 bridgehead atoms. The van der Waals surface area contributed by atoms with Crippen LogP contribution in [0.1, 0.15) is 11.0 Å². The molecule has 0 radical (unpaired) electrons. The lowest BCUT2D eigenvalue weighted by Crippen LogP contribution is -1.78. The highest BCUT2D eigenvalue weighted by Crippen LogP contribution is 1.42. The summed E-state index contributed by atoms with van der Waals surface area (Å²) in [5, 5.41) is 3.16. The van der Waals surface area contributed by atoms with Crippen LogP contribution in [-0.2, 0) is 4.79 Å². The van der Waals surface area contributed by atoms with Crippen LogP contribution in [0.2, 0.25) is 0 Å². The predicted molar refractivity (Wildman–Crippen MR) is 13.3 cm³/mol. The zero-order valence-electron chi connectivity index (χ0n) is 5.82. The summed E-state index contributed by atoms with van der Waals surface area (Å²) in [5.41, 5.74) is 0. The minimum atomic E-state index is -2.79. The second-order valence-electron chi connectivity index (χ2n) is 0.287. The second kappa shape index (κ2) is 0.875. The van der Waals surface area contributed by atoms with Crippen LogP contribution in [-0.4, -0.2) is 11.1 Å². The van der Waals surface area contributed by atoms with Gasteiger partial charge in [0.15, 0.2) is 0 Å². The smallest absolute Gasteiger partial charge is 0.300 e. The van der Waals surface area contributed by atoms with Gasteiger partial charge in [0.2, 0.25) is 0 Å². The van der Waals surface area contributed by atoms with E-state index in [-0.39, 0.29) is 0 Å². The highest BCUT2D eigenvalue weighted by Gasteiger charge is 1.65. The number of carboxylic acids is 1. The summed E-state index contributed by atoms with van der Waals surface area (Å²) in [6.07, 6.45) is 0. The Hall–Kier alpha value is -0.530. The van der Waals surface area contributed by atoms with Gasteiger partial charge in [-0.1, -0.05) is 0 Å². The fourth-order valence-corrected chi connectivity index (χ4v) is 0. The van der Waals surface area contributed by atoms with Crippen molar-refractivity contribution in [2.45, 2.75) is 6.85 Å². The molecule has 0 aliphatic rings. The topological polar surface area (TPSA) is 37.3 Å². The molecule has 0 aromatic heterocycles. The Labute approximate surface area is 29.8 Å². The molecule has 4 heavy (non-hydrogen) atoms. The molecule has 0 unspecified atom stereocenters. The lowest BCUT2D eigenvalue weighted by Gasteiger charge is -1.59. The van der Waals surface area contributed by atoms with Crippen molar-refractivity contribution in [3.05, 3.63) is 0 Å². The van der Waals surface area contributed by atoms with Crippen molar-refractivity contribution in [1.29, 1.82) is 1.43 Å². The molecular weight excluding hydrogens is 57.0 g/mol. The lowest BCUT2D eigenvalue weighted by molar-refractivity contribution is -0.134. The van der Waals surface area contributed by atoms with E-state index in [1.807, 2.05) is 0 Å². The van der Waals surface area contributed by atoms with Gasteiger partial charge in [-0.2, -0.15) is 0 Å². The van der Waals surface area contributed by atoms with Crippen molar-refractivity contribution < 1.29 is 14.0 Å². The SMILES string of the molecule is [2H]O[13C](=O)C([2H])([2H])[2H]. The molecule has 0 heterocycles. The van der Waals surface area contributed by atoms with Gasteiger partial charge >= 0.3 is 0 Å². The number of carboxylic acid groups (broad SMARTS) is 1. The third-order valence-corrected chi connectivity index (χ3v) is 0. The molecule has 0 rings (SSSR count). The average Bonchev–Trinajstić information content (AvgIpc) is 1.62. The molecule has 1 N–H and O–H groups in total. The maximum absolute atomic E-state index is 9.86. The first-order chi connectivity index (χ1) is 3.48. The minimum Gasteiger partial charge on any atom is -0.481 e. The maximum atomic E-state index is 9.86. The number of aliphatic carboxylic acids is 1. The van der Waals surface area contributed by atoms with Crippen LogP contribution in [0.15, 0.2) is 0 Å². The third-order valence-electron chi connectivity index (χ3n) is 0. The molecule has 0 spiro atoms. The first-order valence-electron chi connectivity index (χ1n) is 2.57. The van der Waals surface area contributed by atoms with Crippen molar-refractivity contribution in [2.24, 2.45) is 0 Å². The standard InChI is InChI=1S/C2H4O2/c1-2(3)4/h1H3,(H,3,4)/i1D3,2+1/hD. The monoisotopic (exact) mass is 65.0 g/mol. The maximum Gasteiger partial charge on any atom is 0.300 e. The Morgan fingerprint density at radius 2 is 3.50 bits per heavy atom. The Morgan fingerprint density at radius 3 is 3.50 bits per heavy atom. The summed E-state index contributed by atoms with van der Waals surface area (Å²) in [7, 11) is 0. The zero-order valence-corrected chi connectivity index (χ0v) is 1.82. The molecule has 0 atom stereocenters. The summed E-state index contributed by atoms with van der Waals surface area (Å²) in [5.74, 6) is -1.50. The van der Waals surface area contributed by atoms with Crippen LogP contribution in [0, 0.1) is 0 Å². The van der Waals surface area contributed by atoms with Gasteiger partial charge in [-0.15, -0.1) is 0 Å². The molecule has 0 saturated heterocycles. The normalized spacial score (nSPS) is 23.0. The van der Waals surface area contributed by atoms with Gasteiger partial charge < -0.3 is 5.11 Å². The Bertz CT molecular complexity index is 94.7. The molecule has 0 aromatic rings. The van der Waals surface area contributed by atoms with Crippen LogP contribution < -0.4 is 0 Å². The van der Waals surface area contributed by atoms with Gasteiger partial charge in [0.25, 0.3) is 7.40 Å². The highest BCUT2D eigenvalue weighted by molar-refractivity contribution is 5.62. The molecule has 2 heteroatoms. The van der Waals surface area contributed by atoms with E-state index in [4.69, 9.17) is 5.54 Å². The van der Waals surface area contributed by atoms with Gasteiger partial charge in [-0.25, -0.2) is 0 Å². The number of hydrogen-bond acceptors (Lipinski definition) is 2. The average molecular weight is 65.1 g/mol. The minimum absolute atomic E-state index is 1.50. The van der Waals surface area contributed by atoms with Gasteiger partial charge in [0.05, 0.1) is 0 Å². The van der Waals surface area contributed by atoms with E-state index in [9.17, 15) is 4.79 Å². The quantitative estimate of drug-likeness (QED) is 0.406. The van der Waals surface area contributed by atoms with E-state index < -0.39 is 12.8 Å². The predicted octanol–water partition coefficient (Wildman–Crippen LogP) is 0.0909. The molecule has 0 aliphatic heterocycles. The van der Waals surface area contributed by atoms with Crippen LogP contribution in [0.4, 0.5) is 0 Å². The number of hydrogen-bond donors (Lipinski definition) is 1. The van der Waals surface area contributed by atoms with Gasteiger partial charge in [-0.05, 0) is 0 Å². The lowest BCUT2D eigenvalue weighted by atomic mass is 11.3. The van der Waals surface area contributed by atoms with E-state index in [1.54, 1.807) is 0 Å². The van der Waals surface area contributed by atoms with Crippen LogP contribution in [0.3, 0.4) is 0 Å². The van der Waals surface area contributed by atoms with Crippen LogP contribution in [0.25, 0.3) is 1.43 Å². The molecular formula is C2H4O2. The van der Waals surface area contributed by atoms with Gasteiger partial charge in [0.1, 0.15) is 0 Å². The summed E-state index contributed by atoms with van der Waals surface area (Å²) in [6, 6.07) is 0. The first-order valence-corrected chi connectivity index (χ1v) is 0.658. The van der Waals surface area contributed by atoms with Gasteiger partial charge in [-0.3, -0.25) is 4.79 Å². The Balaban J connectivity index is 3.82. The van der Waals surface area contributed by atoms with E-state index in [1.165, 1.54) is 0 Å². The van der Waals surface area contributed by atoms with Crippen molar-refractivity contribution in [1.82, 2.24) is 0 Å². The fourth-order valence-electron chi connectivity index (χ4n) is 0. The second-order valence-corrected chi connectivity index (χ2v) is 0.287. The Morgan fingerprint density at radius 1 is 2.75 bits per heavy atom. The van der Waals surface area contributed by atoms with Gasteiger partial charge in [0, 0.05) is 11.0 Å². The number of carbonyl (C=O) groups is 1. The Kier molecular flexibility index (Phi) is 0.111. The molecule has 0 fully saturated rings. The zero-order chi connectivity index (χ0) is 6.78. The fraction of sp³-hybridized carbons (Fsp3) is 0.500. The summed E-state index contributed by atoms with van der Waals surface area (Å²) >= 11 is 0. The van der Waals surface area contributed by atoms with E-state index >= 15 is 0 Å². The molecule has 0 aliphatic carbocycles. The largest absolute Gasteiger partial charge is 0.481 e. The van der Waals surface area contributed by atoms with Crippen molar-refractivity contribution in [3.63, 3.8) is 0 Å². The summed E-state index contributed by atoms with van der Waals surface area (Å²) < 4.78 is 24.7. The molecule has 0 aromatic carbocycles. The highest BCUT2D eigenvalue weighted by atomic mass is 16.5. The van der Waals surface area contributed by atoms with Crippen molar-refractivity contribution in [3.8, 4) is 0 Å². The molecule has 0 saturated carbocycles. The summed E-state index contributed by atoms with van der Waals surface area (Å²) in [4.78, 5) is 9.86. The first kappa shape index (κ1) is 0.506. The van der Waals surface area contributed by atoms with E-state index in [0.717, 1.165) is 0 Å². The van der Waals surface area contributed by atoms with E-state index in [0.29, 0.717) is 0 Å². The third kappa shape index (κ3) is 1.16. The van der Waals surface area contributed by atoms with Crippen molar-refractivity contribution >= 4 is 5.97 Å². The molecule has 2 nitrogen and oxygen atoms in total. The van der Waals surface area contributed by atoms with Crippen molar-refractivity contribution in [2.75, 3.05) is 0 Å². The molecule has 24 valence electrons.